The zero-order valence-electron chi connectivity index (χ0n) is 11.5. The summed E-state index contributed by atoms with van der Waals surface area (Å²) in [5.41, 5.74) is 9.86. The first-order valence-corrected chi connectivity index (χ1v) is 6.67. The van der Waals surface area contributed by atoms with E-state index in [1.807, 2.05) is 55.5 Å². The first-order valence-electron chi connectivity index (χ1n) is 6.67. The van der Waals surface area contributed by atoms with Gasteiger partial charge in [0.25, 0.3) is 0 Å². The molecule has 2 aromatic rings. The van der Waals surface area contributed by atoms with Gasteiger partial charge in [-0.2, -0.15) is 0 Å². The lowest BCUT2D eigenvalue weighted by molar-refractivity contribution is 0.219. The van der Waals surface area contributed by atoms with Crippen LogP contribution in [-0.4, -0.2) is 11.7 Å². The maximum Gasteiger partial charge on any atom is 0.104 e. The third-order valence-corrected chi connectivity index (χ3v) is 3.66. The van der Waals surface area contributed by atoms with Gasteiger partial charge in [-0.1, -0.05) is 55.5 Å². The van der Waals surface area contributed by atoms with E-state index >= 15 is 0 Å². The molecule has 0 aromatic heterocycles. The minimum atomic E-state index is -0.566. The number of hydrogen-bond acceptors (Lipinski definition) is 2. The van der Waals surface area contributed by atoms with Gasteiger partial charge in [0, 0.05) is 0 Å². The second-order valence-electron chi connectivity index (χ2n) is 5.06. The van der Waals surface area contributed by atoms with Crippen LogP contribution in [0.4, 0.5) is 0 Å². The molecule has 0 aliphatic rings. The van der Waals surface area contributed by atoms with E-state index in [0.29, 0.717) is 12.5 Å². The van der Waals surface area contributed by atoms with E-state index in [-0.39, 0.29) is 0 Å². The van der Waals surface area contributed by atoms with Crippen molar-refractivity contribution < 1.29 is 5.11 Å². The van der Waals surface area contributed by atoms with E-state index in [0.717, 1.165) is 16.7 Å². The van der Waals surface area contributed by atoms with Gasteiger partial charge in [-0.15, -0.1) is 0 Å². The lowest BCUT2D eigenvalue weighted by Gasteiger charge is -2.15. The molecule has 2 atom stereocenters. The third-order valence-electron chi connectivity index (χ3n) is 3.66. The van der Waals surface area contributed by atoms with Gasteiger partial charge in [0.05, 0.1) is 0 Å². The van der Waals surface area contributed by atoms with Crippen LogP contribution >= 0.6 is 0 Å². The average molecular weight is 255 g/mol. The molecule has 2 aromatic carbocycles. The van der Waals surface area contributed by atoms with E-state index in [9.17, 15) is 5.11 Å². The van der Waals surface area contributed by atoms with Crippen LogP contribution in [0.1, 0.15) is 41.2 Å². The van der Waals surface area contributed by atoms with Gasteiger partial charge in [0.15, 0.2) is 0 Å². The van der Waals surface area contributed by atoms with Crippen LogP contribution in [0.5, 0.6) is 0 Å². The summed E-state index contributed by atoms with van der Waals surface area (Å²) in [6.45, 7) is 4.76. The smallest absolute Gasteiger partial charge is 0.104 e. The highest BCUT2D eigenvalue weighted by Crippen LogP contribution is 2.25. The highest BCUT2D eigenvalue weighted by atomic mass is 16.3. The molecule has 0 fully saturated rings. The second-order valence-corrected chi connectivity index (χ2v) is 5.06. The van der Waals surface area contributed by atoms with Gasteiger partial charge in [-0.05, 0) is 41.6 Å². The predicted molar refractivity (Wildman–Crippen MR) is 79.2 cm³/mol. The molecule has 3 N–H and O–H groups in total. The fourth-order valence-corrected chi connectivity index (χ4v) is 2.22. The predicted octanol–water partition coefficient (Wildman–Crippen LogP) is 3.14. The van der Waals surface area contributed by atoms with E-state index < -0.39 is 6.10 Å². The molecule has 19 heavy (non-hydrogen) atoms. The zero-order chi connectivity index (χ0) is 13.8. The van der Waals surface area contributed by atoms with E-state index in [4.69, 9.17) is 5.73 Å². The number of aliphatic hydroxyl groups is 1. The van der Waals surface area contributed by atoms with Crippen molar-refractivity contribution in [1.29, 1.82) is 0 Å². The molecular weight excluding hydrogens is 234 g/mol. The summed E-state index contributed by atoms with van der Waals surface area (Å²) in [5, 5.41) is 10.4. The Bertz CT molecular complexity index is 533. The Hall–Kier alpha value is -1.64. The molecule has 2 heteroatoms. The Morgan fingerprint density at radius 3 is 2.16 bits per heavy atom. The first-order chi connectivity index (χ1) is 9.13. The molecule has 0 bridgehead atoms. The van der Waals surface area contributed by atoms with Crippen LogP contribution in [-0.2, 0) is 0 Å². The van der Waals surface area contributed by atoms with Crippen molar-refractivity contribution in [2.24, 2.45) is 5.73 Å². The Kier molecular flexibility index (Phi) is 4.35. The molecule has 0 aliphatic heterocycles. The van der Waals surface area contributed by atoms with Crippen molar-refractivity contribution in [3.63, 3.8) is 0 Å². The molecule has 0 saturated heterocycles. The fourth-order valence-electron chi connectivity index (χ4n) is 2.22. The molecule has 2 rings (SSSR count). The summed E-state index contributed by atoms with van der Waals surface area (Å²) in [4.78, 5) is 0. The molecule has 0 saturated carbocycles. The first kappa shape index (κ1) is 13.8. The molecule has 0 amide bonds. The summed E-state index contributed by atoms with van der Waals surface area (Å²) in [6.07, 6.45) is -0.566. The van der Waals surface area contributed by atoms with Gasteiger partial charge in [0.2, 0.25) is 0 Å². The topological polar surface area (TPSA) is 46.2 Å². The van der Waals surface area contributed by atoms with Crippen LogP contribution < -0.4 is 5.73 Å². The number of benzene rings is 2. The molecule has 2 nitrogen and oxygen atoms in total. The number of rotatable bonds is 4. The van der Waals surface area contributed by atoms with Crippen LogP contribution in [0.15, 0.2) is 48.5 Å². The minimum Gasteiger partial charge on any atom is -0.384 e. The molecule has 0 spiro atoms. The van der Waals surface area contributed by atoms with E-state index in [1.54, 1.807) is 0 Å². The summed E-state index contributed by atoms with van der Waals surface area (Å²) in [7, 11) is 0. The second kappa shape index (κ2) is 6.00. The zero-order valence-corrected chi connectivity index (χ0v) is 11.5. The van der Waals surface area contributed by atoms with E-state index in [1.165, 1.54) is 5.56 Å². The average Bonchev–Trinajstić information content (AvgIpc) is 2.46. The van der Waals surface area contributed by atoms with Crippen molar-refractivity contribution in [1.82, 2.24) is 0 Å². The monoisotopic (exact) mass is 255 g/mol. The van der Waals surface area contributed by atoms with Crippen molar-refractivity contribution >= 4 is 0 Å². The highest BCUT2D eigenvalue weighted by molar-refractivity contribution is 5.36. The number of hydrogen-bond donors (Lipinski definition) is 2. The van der Waals surface area contributed by atoms with Gasteiger partial charge in [0.1, 0.15) is 6.10 Å². The van der Waals surface area contributed by atoms with Gasteiger partial charge in [-0.3, -0.25) is 0 Å². The SMILES string of the molecule is Cc1ccccc1C(O)c1ccc(C(C)CN)cc1. The van der Waals surface area contributed by atoms with E-state index in [2.05, 4.69) is 6.92 Å². The van der Waals surface area contributed by atoms with Gasteiger partial charge in [-0.25, -0.2) is 0 Å². The van der Waals surface area contributed by atoms with Crippen LogP contribution in [0, 0.1) is 6.92 Å². The quantitative estimate of drug-likeness (QED) is 0.881. The highest BCUT2D eigenvalue weighted by Gasteiger charge is 2.12. The fraction of sp³-hybridized carbons (Fsp3) is 0.294. The lowest BCUT2D eigenvalue weighted by atomic mass is 9.94. The Balaban J connectivity index is 2.25. The molecule has 0 heterocycles. The van der Waals surface area contributed by atoms with Crippen LogP contribution in [0.25, 0.3) is 0 Å². The van der Waals surface area contributed by atoms with Crippen LogP contribution in [0.2, 0.25) is 0 Å². The number of aliphatic hydroxyl groups excluding tert-OH is 1. The Morgan fingerprint density at radius 2 is 1.58 bits per heavy atom. The summed E-state index contributed by atoms with van der Waals surface area (Å²) >= 11 is 0. The molecule has 0 aliphatic carbocycles. The normalized spacial score (nSPS) is 14.1. The Morgan fingerprint density at radius 1 is 1.00 bits per heavy atom. The lowest BCUT2D eigenvalue weighted by Crippen LogP contribution is -2.09. The van der Waals surface area contributed by atoms with Crippen molar-refractivity contribution in [2.75, 3.05) is 6.54 Å². The summed E-state index contributed by atoms with van der Waals surface area (Å²) < 4.78 is 0. The van der Waals surface area contributed by atoms with Gasteiger partial charge >= 0.3 is 0 Å². The summed E-state index contributed by atoms with van der Waals surface area (Å²) in [5.74, 6) is 0.352. The van der Waals surface area contributed by atoms with Crippen molar-refractivity contribution in [3.05, 3.63) is 70.8 Å². The van der Waals surface area contributed by atoms with Crippen molar-refractivity contribution in [3.8, 4) is 0 Å². The molecule has 2 unspecified atom stereocenters. The molecule has 100 valence electrons. The largest absolute Gasteiger partial charge is 0.384 e. The number of aryl methyl sites for hydroxylation is 1. The Labute approximate surface area is 114 Å². The molecular formula is C17H21NO. The number of nitrogens with two attached hydrogens (primary N) is 1. The van der Waals surface area contributed by atoms with Crippen LogP contribution in [0.3, 0.4) is 0 Å². The maximum atomic E-state index is 10.4. The molecule has 0 radical (unpaired) electrons. The van der Waals surface area contributed by atoms with Crippen molar-refractivity contribution in [2.45, 2.75) is 25.9 Å². The standard InChI is InChI=1S/C17H21NO/c1-12-5-3-4-6-16(12)17(19)15-9-7-14(8-10-15)13(2)11-18/h3-10,13,17,19H,11,18H2,1-2H3. The van der Waals surface area contributed by atoms with Gasteiger partial charge < -0.3 is 10.8 Å². The third kappa shape index (κ3) is 3.03. The summed E-state index contributed by atoms with van der Waals surface area (Å²) in [6, 6.07) is 16.0. The minimum absolute atomic E-state index is 0.352. The maximum absolute atomic E-state index is 10.4.